The van der Waals surface area contributed by atoms with Crippen LogP contribution in [0.3, 0.4) is 0 Å². The highest BCUT2D eigenvalue weighted by molar-refractivity contribution is 8.00. The molecule has 25 heavy (non-hydrogen) atoms. The number of amides is 1. The maximum Gasteiger partial charge on any atom is 0.319 e. The van der Waals surface area contributed by atoms with Crippen LogP contribution < -0.4 is 5.32 Å². The van der Waals surface area contributed by atoms with Crippen LogP contribution in [0.5, 0.6) is 0 Å². The molecule has 0 fully saturated rings. The molecule has 1 rings (SSSR count). The Bertz CT molecular complexity index is 631. The van der Waals surface area contributed by atoms with Crippen LogP contribution in [0.2, 0.25) is 5.02 Å². The van der Waals surface area contributed by atoms with Gasteiger partial charge in [0.15, 0.2) is 0 Å². The van der Waals surface area contributed by atoms with Gasteiger partial charge in [-0.1, -0.05) is 39.3 Å². The molecule has 1 atom stereocenters. The highest BCUT2D eigenvalue weighted by Gasteiger charge is 2.21. The lowest BCUT2D eigenvalue weighted by Crippen LogP contribution is -2.20. The summed E-state index contributed by atoms with van der Waals surface area (Å²) in [4.78, 5) is 24.4. The van der Waals surface area contributed by atoms with E-state index < -0.39 is 11.1 Å². The molecular formula is C18H25ClFNO3S. The van der Waals surface area contributed by atoms with Gasteiger partial charge in [0.2, 0.25) is 5.91 Å². The Kier molecular flexibility index (Phi) is 8.22. The largest absolute Gasteiger partial charge is 0.465 e. The second-order valence-corrected chi connectivity index (χ2v) is 8.77. The zero-order valence-electron chi connectivity index (χ0n) is 15.2. The number of carbonyl (C=O) groups is 2. The number of halogens is 2. The summed E-state index contributed by atoms with van der Waals surface area (Å²) in [5.74, 6) is -1.25. The van der Waals surface area contributed by atoms with Gasteiger partial charge in [0.1, 0.15) is 11.1 Å². The number of benzene rings is 1. The van der Waals surface area contributed by atoms with Gasteiger partial charge in [-0.2, -0.15) is 0 Å². The Morgan fingerprint density at radius 1 is 1.36 bits per heavy atom. The van der Waals surface area contributed by atoms with Crippen LogP contribution in [0, 0.1) is 11.2 Å². The predicted molar refractivity (Wildman–Crippen MR) is 101 cm³/mol. The van der Waals surface area contributed by atoms with Gasteiger partial charge in [0.05, 0.1) is 17.3 Å². The molecular weight excluding hydrogens is 365 g/mol. The summed E-state index contributed by atoms with van der Waals surface area (Å²) in [5.41, 5.74) is -0.155. The van der Waals surface area contributed by atoms with E-state index in [1.807, 2.05) is 27.7 Å². The molecule has 0 aliphatic heterocycles. The van der Waals surface area contributed by atoms with Crippen LogP contribution in [0.15, 0.2) is 17.0 Å². The van der Waals surface area contributed by atoms with Gasteiger partial charge in [-0.25, -0.2) is 4.39 Å². The normalized spacial score (nSPS) is 12.6. The minimum atomic E-state index is -0.613. The van der Waals surface area contributed by atoms with Gasteiger partial charge >= 0.3 is 5.97 Å². The van der Waals surface area contributed by atoms with Crippen molar-refractivity contribution in [2.75, 3.05) is 11.9 Å². The van der Waals surface area contributed by atoms with Gasteiger partial charge in [0, 0.05) is 11.3 Å². The first-order chi connectivity index (χ1) is 11.5. The summed E-state index contributed by atoms with van der Waals surface area (Å²) in [6.07, 6.45) is 1.00. The van der Waals surface area contributed by atoms with Crippen LogP contribution in [0.4, 0.5) is 10.1 Å². The maximum absolute atomic E-state index is 14.1. The van der Waals surface area contributed by atoms with Crippen molar-refractivity contribution in [1.29, 1.82) is 0 Å². The lowest BCUT2D eigenvalue weighted by molar-refractivity contribution is -0.142. The van der Waals surface area contributed by atoms with Crippen LogP contribution in [0.1, 0.15) is 47.5 Å². The van der Waals surface area contributed by atoms with E-state index in [-0.39, 0.29) is 34.4 Å². The molecule has 0 spiro atoms. The molecule has 0 saturated heterocycles. The van der Waals surface area contributed by atoms with E-state index in [1.54, 1.807) is 6.92 Å². The molecule has 140 valence electrons. The minimum absolute atomic E-state index is 0.0512. The molecule has 0 bridgehead atoms. The zero-order valence-corrected chi connectivity index (χ0v) is 16.8. The Morgan fingerprint density at radius 3 is 2.56 bits per heavy atom. The summed E-state index contributed by atoms with van der Waals surface area (Å²) in [6, 6.07) is 2.59. The van der Waals surface area contributed by atoms with E-state index in [9.17, 15) is 14.0 Å². The number of anilines is 1. The molecule has 1 aromatic rings. The molecule has 0 aliphatic rings. The van der Waals surface area contributed by atoms with E-state index in [2.05, 4.69) is 5.32 Å². The van der Waals surface area contributed by atoms with Crippen molar-refractivity contribution < 1.29 is 18.7 Å². The lowest BCUT2D eigenvalue weighted by Gasteiger charge is -2.18. The quantitative estimate of drug-likeness (QED) is 0.508. The van der Waals surface area contributed by atoms with E-state index in [1.165, 1.54) is 17.8 Å². The third kappa shape index (κ3) is 7.65. The first-order valence-corrected chi connectivity index (χ1v) is 9.41. The average Bonchev–Trinajstić information content (AvgIpc) is 2.47. The number of carbonyl (C=O) groups excluding carboxylic acids is 2. The van der Waals surface area contributed by atoms with Gasteiger partial charge < -0.3 is 10.1 Å². The predicted octanol–water partition coefficient (Wildman–Crippen LogP) is 5.29. The Morgan fingerprint density at radius 2 is 2.00 bits per heavy atom. The number of hydrogen-bond donors (Lipinski definition) is 1. The van der Waals surface area contributed by atoms with Gasteiger partial charge in [0.25, 0.3) is 0 Å². The smallest absolute Gasteiger partial charge is 0.319 e. The van der Waals surface area contributed by atoms with Crippen molar-refractivity contribution in [3.05, 3.63) is 23.0 Å². The molecule has 0 saturated carbocycles. The fourth-order valence-electron chi connectivity index (χ4n) is 1.95. The topological polar surface area (TPSA) is 55.4 Å². The SMILES string of the molecule is CCCOC(=O)C(C)Sc1cc(NC(=O)CC(C)(C)C)c(F)cc1Cl. The highest BCUT2D eigenvalue weighted by Crippen LogP contribution is 2.35. The van der Waals surface area contributed by atoms with E-state index in [0.717, 1.165) is 12.5 Å². The Balaban J connectivity index is 2.88. The van der Waals surface area contributed by atoms with Crippen molar-refractivity contribution >= 4 is 40.9 Å². The maximum atomic E-state index is 14.1. The average molecular weight is 390 g/mol. The van der Waals surface area contributed by atoms with Crippen molar-refractivity contribution in [1.82, 2.24) is 0 Å². The monoisotopic (exact) mass is 389 g/mol. The van der Waals surface area contributed by atoms with E-state index >= 15 is 0 Å². The molecule has 1 N–H and O–H groups in total. The minimum Gasteiger partial charge on any atom is -0.465 e. The molecule has 0 aliphatic carbocycles. The fraction of sp³-hybridized carbons (Fsp3) is 0.556. The first kappa shape index (κ1) is 21.8. The molecule has 1 unspecified atom stereocenters. The molecule has 0 aromatic heterocycles. The highest BCUT2D eigenvalue weighted by atomic mass is 35.5. The third-order valence-electron chi connectivity index (χ3n) is 3.07. The summed E-state index contributed by atoms with van der Waals surface area (Å²) in [6.45, 7) is 9.74. The van der Waals surface area contributed by atoms with Crippen LogP contribution in [-0.4, -0.2) is 23.7 Å². The molecule has 0 radical (unpaired) electrons. The third-order valence-corrected chi connectivity index (χ3v) is 4.63. The van der Waals surface area contributed by atoms with Crippen LogP contribution >= 0.6 is 23.4 Å². The molecule has 1 aromatic carbocycles. The van der Waals surface area contributed by atoms with E-state index in [4.69, 9.17) is 16.3 Å². The zero-order chi connectivity index (χ0) is 19.2. The lowest BCUT2D eigenvalue weighted by atomic mass is 9.92. The van der Waals surface area contributed by atoms with Crippen LogP contribution in [-0.2, 0) is 14.3 Å². The summed E-state index contributed by atoms with van der Waals surface area (Å²) < 4.78 is 19.2. The summed E-state index contributed by atoms with van der Waals surface area (Å²) >= 11 is 7.24. The number of hydrogen-bond acceptors (Lipinski definition) is 4. The van der Waals surface area contributed by atoms with Gasteiger partial charge in [-0.3, -0.25) is 9.59 Å². The van der Waals surface area contributed by atoms with Crippen molar-refractivity contribution in [2.45, 2.75) is 57.6 Å². The fourth-order valence-corrected chi connectivity index (χ4v) is 3.14. The first-order valence-electron chi connectivity index (χ1n) is 8.15. The Labute approximate surface area is 157 Å². The molecule has 1 amide bonds. The number of ether oxygens (including phenoxy) is 1. The number of rotatable bonds is 7. The summed E-state index contributed by atoms with van der Waals surface area (Å²) in [7, 11) is 0. The number of nitrogens with one attached hydrogen (secondary N) is 1. The van der Waals surface area contributed by atoms with E-state index in [0.29, 0.717) is 11.5 Å². The molecule has 0 heterocycles. The van der Waals surface area contributed by atoms with Crippen LogP contribution in [0.25, 0.3) is 0 Å². The second-order valence-electron chi connectivity index (χ2n) is 6.98. The van der Waals surface area contributed by atoms with Gasteiger partial charge in [-0.15, -0.1) is 11.8 Å². The number of esters is 1. The standard InChI is InChI=1S/C18H25ClFNO3S/c1-6-7-24-17(23)11(2)25-15-9-14(13(20)8-12(15)19)21-16(22)10-18(3,4)5/h8-9,11H,6-7,10H2,1-5H3,(H,21,22). The number of thioether (sulfide) groups is 1. The molecule has 4 nitrogen and oxygen atoms in total. The van der Waals surface area contributed by atoms with Crippen molar-refractivity contribution in [3.63, 3.8) is 0 Å². The van der Waals surface area contributed by atoms with Gasteiger partial charge in [-0.05, 0) is 30.9 Å². The summed E-state index contributed by atoms with van der Waals surface area (Å²) in [5, 5.41) is 2.26. The van der Waals surface area contributed by atoms with Crippen molar-refractivity contribution in [3.8, 4) is 0 Å². The molecule has 7 heteroatoms. The Hall–Kier alpha value is -1.27. The van der Waals surface area contributed by atoms with Crippen molar-refractivity contribution in [2.24, 2.45) is 5.41 Å². The second kappa shape index (κ2) is 9.43.